The van der Waals surface area contributed by atoms with Crippen molar-refractivity contribution in [1.82, 2.24) is 10.3 Å². The number of amides is 1. The van der Waals surface area contributed by atoms with Crippen LogP contribution in [0.4, 0.5) is 9.52 Å². The van der Waals surface area contributed by atoms with Gasteiger partial charge in [-0.15, -0.1) is 0 Å². The van der Waals surface area contributed by atoms with Crippen molar-refractivity contribution >= 4 is 32.6 Å². The molecule has 0 unspecified atom stereocenters. The summed E-state index contributed by atoms with van der Waals surface area (Å²) < 4.78 is 14.2. The predicted octanol–water partition coefficient (Wildman–Crippen LogP) is 4.36. The normalized spacial score (nSPS) is 14.6. The van der Waals surface area contributed by atoms with Gasteiger partial charge in [0.15, 0.2) is 5.13 Å². The van der Waals surface area contributed by atoms with Gasteiger partial charge in [0.2, 0.25) is 0 Å². The molecule has 134 valence electrons. The molecule has 1 aliphatic rings. The third-order valence-electron chi connectivity index (χ3n) is 4.61. The van der Waals surface area contributed by atoms with Gasteiger partial charge in [0.1, 0.15) is 5.82 Å². The van der Waals surface area contributed by atoms with E-state index in [2.05, 4.69) is 10.2 Å². The monoisotopic (exact) mass is 369 g/mol. The molecule has 3 aromatic rings. The quantitative estimate of drug-likeness (QED) is 0.743. The second-order valence-electron chi connectivity index (χ2n) is 6.54. The van der Waals surface area contributed by atoms with E-state index in [-0.39, 0.29) is 11.7 Å². The zero-order chi connectivity index (χ0) is 17.9. The number of hydrogen-bond acceptors (Lipinski definition) is 4. The molecule has 4 rings (SSSR count). The molecular formula is C20H20FN3OS. The van der Waals surface area contributed by atoms with E-state index in [9.17, 15) is 9.18 Å². The van der Waals surface area contributed by atoms with Crippen LogP contribution in [0.3, 0.4) is 0 Å². The summed E-state index contributed by atoms with van der Waals surface area (Å²) >= 11 is 1.64. The van der Waals surface area contributed by atoms with Crippen LogP contribution in [0, 0.1) is 5.82 Å². The van der Waals surface area contributed by atoms with E-state index in [1.807, 2.05) is 12.1 Å². The first-order valence-corrected chi connectivity index (χ1v) is 9.69. The molecule has 1 amide bonds. The molecule has 4 nitrogen and oxygen atoms in total. The topological polar surface area (TPSA) is 45.2 Å². The minimum atomic E-state index is -0.298. The first-order chi connectivity index (χ1) is 12.7. The largest absolute Gasteiger partial charge is 0.348 e. The van der Waals surface area contributed by atoms with Gasteiger partial charge in [-0.25, -0.2) is 9.37 Å². The van der Waals surface area contributed by atoms with Gasteiger partial charge in [0.25, 0.3) is 5.91 Å². The third-order valence-corrected chi connectivity index (χ3v) is 5.69. The number of piperidine rings is 1. The van der Waals surface area contributed by atoms with Crippen LogP contribution in [0.15, 0.2) is 42.5 Å². The molecule has 0 aliphatic carbocycles. The molecular weight excluding hydrogens is 349 g/mol. The molecule has 0 atom stereocenters. The highest BCUT2D eigenvalue weighted by Gasteiger charge is 2.16. The number of carbonyl (C=O) groups excluding carboxylic acids is 1. The molecule has 0 saturated carbocycles. The summed E-state index contributed by atoms with van der Waals surface area (Å²) in [5, 5.41) is 3.88. The molecule has 2 aromatic carbocycles. The number of thiazole rings is 1. The fraction of sp³-hybridized carbons (Fsp3) is 0.300. The Morgan fingerprint density at radius 2 is 2.00 bits per heavy atom. The molecule has 6 heteroatoms. The van der Waals surface area contributed by atoms with E-state index in [1.165, 1.54) is 31.4 Å². The van der Waals surface area contributed by atoms with Crippen molar-refractivity contribution in [2.45, 2.75) is 25.8 Å². The lowest BCUT2D eigenvalue weighted by molar-refractivity contribution is 0.0951. The number of aromatic nitrogens is 1. The summed E-state index contributed by atoms with van der Waals surface area (Å²) in [4.78, 5) is 19.5. The maximum absolute atomic E-state index is 13.2. The molecule has 1 saturated heterocycles. The molecule has 1 aromatic heterocycles. The number of benzene rings is 2. The lowest BCUT2D eigenvalue weighted by atomic mass is 10.1. The summed E-state index contributed by atoms with van der Waals surface area (Å²) in [5.74, 6) is -0.461. The highest BCUT2D eigenvalue weighted by molar-refractivity contribution is 7.22. The highest BCUT2D eigenvalue weighted by Crippen LogP contribution is 2.31. The Labute approximate surface area is 155 Å². The smallest absolute Gasteiger partial charge is 0.251 e. The van der Waals surface area contributed by atoms with Crippen LogP contribution in [-0.2, 0) is 6.54 Å². The fourth-order valence-electron chi connectivity index (χ4n) is 3.21. The summed E-state index contributed by atoms with van der Waals surface area (Å²) in [5.41, 5.74) is 2.27. The fourth-order valence-corrected chi connectivity index (χ4v) is 4.26. The number of anilines is 1. The van der Waals surface area contributed by atoms with Crippen LogP contribution in [0.2, 0.25) is 0 Å². The standard InChI is InChI=1S/C20H20FN3OS/c21-16-6-4-5-14(11-16)13-22-19(25)15-7-8-17-18(12-15)26-20(23-17)24-9-2-1-3-10-24/h4-8,11-12H,1-3,9-10,13H2,(H,22,25). The maximum atomic E-state index is 13.2. The number of halogens is 1. The van der Waals surface area contributed by atoms with Gasteiger partial charge in [-0.1, -0.05) is 23.5 Å². The van der Waals surface area contributed by atoms with Gasteiger partial charge in [-0.2, -0.15) is 0 Å². The molecule has 0 radical (unpaired) electrons. The third kappa shape index (κ3) is 3.70. The van der Waals surface area contributed by atoms with Crippen LogP contribution in [0.25, 0.3) is 10.2 Å². The molecule has 1 fully saturated rings. The van der Waals surface area contributed by atoms with E-state index in [4.69, 9.17) is 4.98 Å². The van der Waals surface area contributed by atoms with Crippen molar-refractivity contribution in [1.29, 1.82) is 0 Å². The Balaban J connectivity index is 1.48. The molecule has 26 heavy (non-hydrogen) atoms. The van der Waals surface area contributed by atoms with Crippen LogP contribution >= 0.6 is 11.3 Å². The average molecular weight is 369 g/mol. The molecule has 0 spiro atoms. The van der Waals surface area contributed by atoms with Crippen LogP contribution in [0.1, 0.15) is 35.2 Å². The van der Waals surface area contributed by atoms with Crippen LogP contribution in [0.5, 0.6) is 0 Å². The van der Waals surface area contributed by atoms with Gasteiger partial charge in [0, 0.05) is 25.2 Å². The first kappa shape index (κ1) is 17.0. The van der Waals surface area contributed by atoms with Gasteiger partial charge in [-0.3, -0.25) is 4.79 Å². The Kier molecular flexibility index (Phi) is 4.84. The highest BCUT2D eigenvalue weighted by atomic mass is 32.1. The van der Waals surface area contributed by atoms with E-state index < -0.39 is 0 Å². The van der Waals surface area contributed by atoms with Gasteiger partial charge < -0.3 is 10.2 Å². The SMILES string of the molecule is O=C(NCc1cccc(F)c1)c1ccc2nc(N3CCCCC3)sc2c1. The van der Waals surface area contributed by atoms with Crippen molar-refractivity contribution in [3.05, 3.63) is 59.4 Å². The van der Waals surface area contributed by atoms with Crippen molar-refractivity contribution in [2.75, 3.05) is 18.0 Å². The van der Waals surface area contributed by atoms with Gasteiger partial charge in [0.05, 0.1) is 10.2 Å². The summed E-state index contributed by atoms with van der Waals surface area (Å²) in [6, 6.07) is 11.8. The maximum Gasteiger partial charge on any atom is 0.251 e. The molecule has 2 heterocycles. The molecule has 1 N–H and O–H groups in total. The van der Waals surface area contributed by atoms with Crippen molar-refractivity contribution < 1.29 is 9.18 Å². The van der Waals surface area contributed by atoms with E-state index >= 15 is 0 Å². The minimum Gasteiger partial charge on any atom is -0.348 e. The van der Waals surface area contributed by atoms with Crippen LogP contribution in [-0.4, -0.2) is 24.0 Å². The van der Waals surface area contributed by atoms with Crippen molar-refractivity contribution in [2.24, 2.45) is 0 Å². The zero-order valence-electron chi connectivity index (χ0n) is 14.4. The number of carbonyl (C=O) groups is 1. The second-order valence-corrected chi connectivity index (χ2v) is 7.55. The van der Waals surface area contributed by atoms with Crippen molar-refractivity contribution in [3.63, 3.8) is 0 Å². The number of nitrogens with one attached hydrogen (secondary N) is 1. The summed E-state index contributed by atoms with van der Waals surface area (Å²) in [7, 11) is 0. The van der Waals surface area contributed by atoms with Crippen LogP contribution < -0.4 is 10.2 Å². The Hall–Kier alpha value is -2.47. The minimum absolute atomic E-state index is 0.163. The molecule has 1 aliphatic heterocycles. The Morgan fingerprint density at radius 3 is 2.81 bits per heavy atom. The summed E-state index contributed by atoms with van der Waals surface area (Å²) in [6.07, 6.45) is 3.71. The first-order valence-electron chi connectivity index (χ1n) is 8.87. The van der Waals surface area contributed by atoms with Gasteiger partial charge >= 0.3 is 0 Å². The number of fused-ring (bicyclic) bond motifs is 1. The number of nitrogens with zero attached hydrogens (tertiary/aromatic N) is 2. The predicted molar refractivity (Wildman–Crippen MR) is 103 cm³/mol. The molecule has 0 bridgehead atoms. The Morgan fingerprint density at radius 1 is 1.15 bits per heavy atom. The number of rotatable bonds is 4. The van der Waals surface area contributed by atoms with E-state index in [0.29, 0.717) is 12.1 Å². The Bertz CT molecular complexity index is 934. The second kappa shape index (κ2) is 7.41. The lowest BCUT2D eigenvalue weighted by Gasteiger charge is -2.25. The lowest BCUT2D eigenvalue weighted by Crippen LogP contribution is -2.29. The summed E-state index contributed by atoms with van der Waals surface area (Å²) in [6.45, 7) is 2.41. The zero-order valence-corrected chi connectivity index (χ0v) is 15.2. The number of hydrogen-bond donors (Lipinski definition) is 1. The average Bonchev–Trinajstić information content (AvgIpc) is 3.10. The van der Waals surface area contributed by atoms with E-state index in [1.54, 1.807) is 29.5 Å². The van der Waals surface area contributed by atoms with E-state index in [0.717, 1.165) is 34.0 Å². The van der Waals surface area contributed by atoms with Crippen molar-refractivity contribution in [3.8, 4) is 0 Å². The van der Waals surface area contributed by atoms with Gasteiger partial charge in [-0.05, 0) is 55.2 Å².